The molecule has 0 aliphatic carbocycles. The summed E-state index contributed by atoms with van der Waals surface area (Å²) in [6.45, 7) is 0.355. The van der Waals surface area contributed by atoms with Gasteiger partial charge in [0.2, 0.25) is 5.91 Å². The minimum absolute atomic E-state index is 0.111. The van der Waals surface area contributed by atoms with Crippen molar-refractivity contribution in [2.45, 2.75) is 12.5 Å². The average Bonchev–Trinajstić information content (AvgIpc) is 2.32. The van der Waals surface area contributed by atoms with E-state index in [4.69, 9.17) is 5.11 Å². The van der Waals surface area contributed by atoms with Gasteiger partial charge in [0.05, 0.1) is 6.04 Å². The van der Waals surface area contributed by atoms with Crippen molar-refractivity contribution in [2.24, 2.45) is 0 Å². The van der Waals surface area contributed by atoms with Crippen LogP contribution in [-0.4, -0.2) is 48.1 Å². The topological polar surface area (TPSA) is 69.6 Å². The van der Waals surface area contributed by atoms with Crippen LogP contribution in [0.2, 0.25) is 0 Å². The highest BCUT2D eigenvalue weighted by atomic mass is 16.4. The van der Waals surface area contributed by atoms with Gasteiger partial charge in [0.1, 0.15) is 6.54 Å². The average molecular weight is 172 g/mol. The molecule has 5 nitrogen and oxygen atoms in total. The van der Waals surface area contributed by atoms with Crippen molar-refractivity contribution in [2.75, 3.05) is 20.1 Å². The fraction of sp³-hybridized carbons (Fsp3) is 0.714. The Labute approximate surface area is 70.4 Å². The van der Waals surface area contributed by atoms with Crippen LogP contribution < -0.4 is 5.32 Å². The fourth-order valence-corrected chi connectivity index (χ4v) is 1.33. The Morgan fingerprint density at radius 2 is 2.50 bits per heavy atom. The Kier molecular flexibility index (Phi) is 2.65. The number of aliphatic carboxylic acids is 1. The lowest BCUT2D eigenvalue weighted by Gasteiger charge is -2.12. The zero-order chi connectivity index (χ0) is 9.14. The maximum absolute atomic E-state index is 11.3. The molecular formula is C7H12N2O3. The molecule has 1 aliphatic rings. The quantitative estimate of drug-likeness (QED) is 0.566. The van der Waals surface area contributed by atoms with Crippen molar-refractivity contribution in [1.82, 2.24) is 10.2 Å². The van der Waals surface area contributed by atoms with Crippen molar-refractivity contribution in [3.8, 4) is 0 Å². The molecule has 1 aliphatic heterocycles. The van der Waals surface area contributed by atoms with Crippen molar-refractivity contribution in [3.63, 3.8) is 0 Å². The third-order valence-corrected chi connectivity index (χ3v) is 1.97. The summed E-state index contributed by atoms with van der Waals surface area (Å²) in [5.74, 6) is -1.07. The molecule has 0 saturated carbocycles. The van der Waals surface area contributed by atoms with Gasteiger partial charge in [-0.15, -0.1) is 0 Å². The van der Waals surface area contributed by atoms with Gasteiger partial charge >= 0.3 is 5.97 Å². The number of nitrogens with zero attached hydrogens (tertiary/aromatic N) is 1. The maximum atomic E-state index is 11.3. The van der Waals surface area contributed by atoms with Gasteiger partial charge in [0.15, 0.2) is 0 Å². The number of carbonyl (C=O) groups excluding carboxylic acids is 1. The molecule has 1 saturated heterocycles. The monoisotopic (exact) mass is 172 g/mol. The number of rotatable bonds is 3. The predicted molar refractivity (Wildman–Crippen MR) is 41.7 cm³/mol. The first-order valence-corrected chi connectivity index (χ1v) is 3.83. The number of amides is 1. The van der Waals surface area contributed by atoms with E-state index in [0.29, 0.717) is 13.0 Å². The summed E-state index contributed by atoms with van der Waals surface area (Å²) < 4.78 is 0. The SMILES string of the molecule is CNC1CCN(CC(=O)O)C1=O. The van der Waals surface area contributed by atoms with E-state index >= 15 is 0 Å². The van der Waals surface area contributed by atoms with Gasteiger partial charge in [-0.3, -0.25) is 9.59 Å². The third-order valence-electron chi connectivity index (χ3n) is 1.97. The number of nitrogens with one attached hydrogen (secondary N) is 1. The first-order valence-electron chi connectivity index (χ1n) is 3.83. The summed E-state index contributed by atoms with van der Waals surface area (Å²) in [5, 5.41) is 11.3. The van der Waals surface area contributed by atoms with E-state index in [2.05, 4.69) is 5.32 Å². The van der Waals surface area contributed by atoms with Gasteiger partial charge in [0, 0.05) is 6.54 Å². The number of carboxylic acids is 1. The van der Waals surface area contributed by atoms with Crippen molar-refractivity contribution in [3.05, 3.63) is 0 Å². The Balaban J connectivity index is 2.49. The summed E-state index contributed by atoms with van der Waals surface area (Å²) in [6, 6.07) is -0.190. The lowest BCUT2D eigenvalue weighted by Crippen LogP contribution is -2.38. The van der Waals surface area contributed by atoms with Crippen LogP contribution in [0.1, 0.15) is 6.42 Å². The summed E-state index contributed by atoms with van der Waals surface area (Å²) in [4.78, 5) is 22.9. The minimum atomic E-state index is -0.958. The predicted octanol–water partition coefficient (Wildman–Crippen LogP) is -1.11. The Hall–Kier alpha value is -1.10. The van der Waals surface area contributed by atoms with E-state index < -0.39 is 5.97 Å². The van der Waals surface area contributed by atoms with Gasteiger partial charge in [0.25, 0.3) is 0 Å². The molecule has 0 aromatic carbocycles. The zero-order valence-electron chi connectivity index (χ0n) is 6.91. The van der Waals surface area contributed by atoms with Crippen LogP contribution in [0, 0.1) is 0 Å². The minimum Gasteiger partial charge on any atom is -0.480 e. The summed E-state index contributed by atoms with van der Waals surface area (Å²) in [6.07, 6.45) is 0.697. The molecular weight excluding hydrogens is 160 g/mol. The van der Waals surface area contributed by atoms with E-state index in [-0.39, 0.29) is 18.5 Å². The Morgan fingerprint density at radius 3 is 2.92 bits per heavy atom. The van der Waals surface area contributed by atoms with Crippen LogP contribution >= 0.6 is 0 Å². The van der Waals surface area contributed by atoms with Gasteiger partial charge in [-0.05, 0) is 13.5 Å². The molecule has 5 heteroatoms. The Bertz CT molecular complexity index is 205. The second-order valence-corrected chi connectivity index (χ2v) is 2.78. The van der Waals surface area contributed by atoms with Crippen LogP contribution in [0.15, 0.2) is 0 Å². The molecule has 1 atom stereocenters. The summed E-state index contributed by atoms with van der Waals surface area (Å²) in [7, 11) is 1.70. The lowest BCUT2D eigenvalue weighted by molar-refractivity contribution is -0.143. The van der Waals surface area contributed by atoms with Crippen molar-refractivity contribution < 1.29 is 14.7 Å². The molecule has 0 spiro atoms. The molecule has 0 aromatic heterocycles. The highest BCUT2D eigenvalue weighted by molar-refractivity contribution is 5.87. The number of hydrogen-bond donors (Lipinski definition) is 2. The van der Waals surface area contributed by atoms with Crippen LogP contribution in [-0.2, 0) is 9.59 Å². The molecule has 1 unspecified atom stereocenters. The van der Waals surface area contributed by atoms with E-state index in [0.717, 1.165) is 0 Å². The number of carboxylic acid groups (broad SMARTS) is 1. The lowest BCUT2D eigenvalue weighted by atomic mass is 10.3. The van der Waals surface area contributed by atoms with Gasteiger partial charge in [-0.2, -0.15) is 0 Å². The number of hydrogen-bond acceptors (Lipinski definition) is 3. The van der Waals surface area contributed by atoms with Gasteiger partial charge in [-0.25, -0.2) is 0 Å². The van der Waals surface area contributed by atoms with Crippen LogP contribution in [0.4, 0.5) is 0 Å². The first-order chi connectivity index (χ1) is 5.65. The zero-order valence-corrected chi connectivity index (χ0v) is 6.91. The highest BCUT2D eigenvalue weighted by Crippen LogP contribution is 2.09. The van der Waals surface area contributed by atoms with Gasteiger partial charge < -0.3 is 15.3 Å². The number of carbonyl (C=O) groups is 2. The molecule has 68 valence electrons. The third kappa shape index (κ3) is 1.73. The number of likely N-dealkylation sites (N-methyl/N-ethyl adjacent to an activating group) is 1. The van der Waals surface area contributed by atoms with E-state index in [1.54, 1.807) is 7.05 Å². The molecule has 2 N–H and O–H groups in total. The number of likely N-dealkylation sites (tertiary alicyclic amines) is 1. The second-order valence-electron chi connectivity index (χ2n) is 2.78. The normalized spacial score (nSPS) is 23.2. The van der Waals surface area contributed by atoms with E-state index in [9.17, 15) is 9.59 Å². The fourth-order valence-electron chi connectivity index (χ4n) is 1.33. The van der Waals surface area contributed by atoms with Crippen LogP contribution in [0.25, 0.3) is 0 Å². The maximum Gasteiger partial charge on any atom is 0.323 e. The molecule has 0 bridgehead atoms. The van der Waals surface area contributed by atoms with Gasteiger partial charge in [-0.1, -0.05) is 0 Å². The smallest absolute Gasteiger partial charge is 0.323 e. The first kappa shape index (κ1) is 8.99. The molecule has 12 heavy (non-hydrogen) atoms. The highest BCUT2D eigenvalue weighted by Gasteiger charge is 2.30. The summed E-state index contributed by atoms with van der Waals surface area (Å²) in [5.41, 5.74) is 0. The largest absolute Gasteiger partial charge is 0.480 e. The van der Waals surface area contributed by atoms with Crippen LogP contribution in [0.3, 0.4) is 0 Å². The summed E-state index contributed by atoms with van der Waals surface area (Å²) >= 11 is 0. The second kappa shape index (κ2) is 3.53. The molecule has 0 radical (unpaired) electrons. The Morgan fingerprint density at radius 1 is 1.83 bits per heavy atom. The molecule has 1 rings (SSSR count). The van der Waals surface area contributed by atoms with Crippen LogP contribution in [0.5, 0.6) is 0 Å². The standard InChI is InChI=1S/C7H12N2O3/c1-8-5-2-3-9(7(5)12)4-6(10)11/h5,8H,2-4H2,1H3,(H,10,11). The molecule has 1 heterocycles. The van der Waals surface area contributed by atoms with Crippen molar-refractivity contribution in [1.29, 1.82) is 0 Å². The molecule has 1 fully saturated rings. The molecule has 0 aromatic rings. The van der Waals surface area contributed by atoms with Crippen molar-refractivity contribution >= 4 is 11.9 Å². The van der Waals surface area contributed by atoms with E-state index in [1.807, 2.05) is 0 Å². The van der Waals surface area contributed by atoms with E-state index in [1.165, 1.54) is 4.90 Å². The molecule has 1 amide bonds.